The van der Waals surface area contributed by atoms with Gasteiger partial charge in [0.05, 0.1) is 20.3 Å². The van der Waals surface area contributed by atoms with Crippen molar-refractivity contribution in [2.24, 2.45) is 0 Å². The first-order chi connectivity index (χ1) is 10.2. The van der Waals surface area contributed by atoms with Crippen molar-refractivity contribution in [3.63, 3.8) is 0 Å². The zero-order chi connectivity index (χ0) is 15.2. The molecule has 1 heterocycles. The molecule has 1 N–H and O–H groups in total. The average molecular weight is 306 g/mol. The van der Waals surface area contributed by atoms with E-state index < -0.39 is 0 Å². The van der Waals surface area contributed by atoms with Crippen molar-refractivity contribution in [2.75, 3.05) is 14.2 Å². The highest BCUT2D eigenvalue weighted by Gasteiger charge is 2.17. The first-order valence-corrected chi connectivity index (χ1v) is 7.94. The fourth-order valence-electron chi connectivity index (χ4n) is 2.29. The Morgan fingerprint density at radius 2 is 2.00 bits per heavy atom. The second-order valence-corrected chi connectivity index (χ2v) is 5.76. The van der Waals surface area contributed by atoms with Crippen LogP contribution in [0.15, 0.2) is 29.8 Å². The lowest BCUT2D eigenvalue weighted by Gasteiger charge is -2.22. The predicted octanol–water partition coefficient (Wildman–Crippen LogP) is 3.96. The fraction of sp³-hybridized carbons (Fsp3) is 0.438. The molecule has 2 rings (SSSR count). The van der Waals surface area contributed by atoms with E-state index in [4.69, 9.17) is 9.47 Å². The van der Waals surface area contributed by atoms with Crippen LogP contribution in [0.3, 0.4) is 0 Å². The molecule has 5 heteroatoms. The van der Waals surface area contributed by atoms with Crippen molar-refractivity contribution in [1.29, 1.82) is 0 Å². The number of hydrogen-bond donors (Lipinski definition) is 1. The number of methoxy groups -OCH3 is 2. The van der Waals surface area contributed by atoms with Gasteiger partial charge in [-0.1, -0.05) is 13.0 Å². The fourth-order valence-corrected chi connectivity index (χ4v) is 3.07. The largest absolute Gasteiger partial charge is 0.493 e. The van der Waals surface area contributed by atoms with E-state index in [9.17, 15) is 0 Å². The quantitative estimate of drug-likeness (QED) is 0.841. The molecule has 1 aromatic carbocycles. The van der Waals surface area contributed by atoms with Crippen LogP contribution in [0, 0.1) is 0 Å². The van der Waals surface area contributed by atoms with E-state index in [0.29, 0.717) is 0 Å². The van der Waals surface area contributed by atoms with E-state index in [0.717, 1.165) is 22.9 Å². The summed E-state index contributed by atoms with van der Waals surface area (Å²) in [5.74, 6) is 1.51. The third-order valence-electron chi connectivity index (χ3n) is 3.52. The Hall–Kier alpha value is -1.59. The summed E-state index contributed by atoms with van der Waals surface area (Å²) < 4.78 is 10.6. The minimum absolute atomic E-state index is 0.207. The lowest BCUT2D eigenvalue weighted by Crippen LogP contribution is -2.24. The summed E-state index contributed by atoms with van der Waals surface area (Å²) in [4.78, 5) is 4.41. The topological polar surface area (TPSA) is 43.4 Å². The minimum Gasteiger partial charge on any atom is -0.493 e. The molecule has 0 saturated carbocycles. The molecule has 0 aliphatic rings. The van der Waals surface area contributed by atoms with Gasteiger partial charge in [0.25, 0.3) is 0 Å². The summed E-state index contributed by atoms with van der Waals surface area (Å²) in [5, 5.41) is 6.77. The van der Waals surface area contributed by atoms with Crippen LogP contribution in [0.2, 0.25) is 0 Å². The van der Waals surface area contributed by atoms with Crippen LogP contribution in [0.4, 0.5) is 0 Å². The Morgan fingerprint density at radius 3 is 2.57 bits per heavy atom. The van der Waals surface area contributed by atoms with Crippen LogP contribution in [0.1, 0.15) is 42.9 Å². The summed E-state index contributed by atoms with van der Waals surface area (Å²) >= 11 is 1.69. The van der Waals surface area contributed by atoms with Crippen LogP contribution < -0.4 is 14.8 Å². The highest BCUT2D eigenvalue weighted by Crippen LogP contribution is 2.31. The molecular formula is C16H22N2O2S. The molecule has 0 bridgehead atoms. The second kappa shape index (κ2) is 7.43. The zero-order valence-electron chi connectivity index (χ0n) is 12.9. The van der Waals surface area contributed by atoms with Gasteiger partial charge in [0.1, 0.15) is 5.01 Å². The normalized spacial score (nSPS) is 13.7. The number of nitrogens with one attached hydrogen (secondary N) is 1. The van der Waals surface area contributed by atoms with Gasteiger partial charge in [-0.15, -0.1) is 11.3 Å². The van der Waals surface area contributed by atoms with Crippen molar-refractivity contribution in [3.8, 4) is 11.5 Å². The van der Waals surface area contributed by atoms with Gasteiger partial charge in [-0.2, -0.15) is 0 Å². The maximum Gasteiger partial charge on any atom is 0.161 e. The third-order valence-corrected chi connectivity index (χ3v) is 4.41. The van der Waals surface area contributed by atoms with Crippen molar-refractivity contribution in [1.82, 2.24) is 10.3 Å². The molecule has 21 heavy (non-hydrogen) atoms. The lowest BCUT2D eigenvalue weighted by molar-refractivity contribution is 0.353. The number of thiazole rings is 1. The zero-order valence-corrected chi connectivity index (χ0v) is 13.7. The molecule has 0 fully saturated rings. The Morgan fingerprint density at radius 1 is 1.24 bits per heavy atom. The standard InChI is InChI=1S/C16H22N2O2S/c1-5-13(16-17-8-9-21-16)18-11(2)12-6-7-14(19-3)15(10-12)20-4/h6-11,13,18H,5H2,1-4H3. The molecule has 0 saturated heterocycles. The second-order valence-electron chi connectivity index (χ2n) is 4.83. The molecular weight excluding hydrogens is 284 g/mol. The maximum absolute atomic E-state index is 5.37. The van der Waals surface area contributed by atoms with E-state index in [1.807, 2.05) is 23.7 Å². The van der Waals surface area contributed by atoms with Gasteiger partial charge in [0.15, 0.2) is 11.5 Å². The predicted molar refractivity (Wildman–Crippen MR) is 86.2 cm³/mol. The van der Waals surface area contributed by atoms with Gasteiger partial charge >= 0.3 is 0 Å². The van der Waals surface area contributed by atoms with Crippen LogP contribution in [0.25, 0.3) is 0 Å². The van der Waals surface area contributed by atoms with E-state index in [2.05, 4.69) is 30.2 Å². The number of hydrogen-bond acceptors (Lipinski definition) is 5. The van der Waals surface area contributed by atoms with Gasteiger partial charge in [-0.25, -0.2) is 4.98 Å². The Kier molecular flexibility index (Phi) is 5.59. The van der Waals surface area contributed by atoms with E-state index >= 15 is 0 Å². The molecule has 0 spiro atoms. The smallest absolute Gasteiger partial charge is 0.161 e. The van der Waals surface area contributed by atoms with Crippen molar-refractivity contribution >= 4 is 11.3 Å². The van der Waals surface area contributed by atoms with Gasteiger partial charge < -0.3 is 14.8 Å². The van der Waals surface area contributed by atoms with Gasteiger partial charge in [-0.05, 0) is 31.0 Å². The van der Waals surface area contributed by atoms with E-state index in [-0.39, 0.29) is 12.1 Å². The number of rotatable bonds is 7. The van der Waals surface area contributed by atoms with E-state index in [1.54, 1.807) is 25.6 Å². The van der Waals surface area contributed by atoms with Gasteiger partial charge in [-0.3, -0.25) is 0 Å². The molecule has 2 aromatic rings. The molecule has 1 aromatic heterocycles. The summed E-state index contributed by atoms with van der Waals surface area (Å²) in [5.41, 5.74) is 1.17. The summed E-state index contributed by atoms with van der Waals surface area (Å²) in [6.07, 6.45) is 2.86. The minimum atomic E-state index is 0.207. The van der Waals surface area contributed by atoms with Crippen LogP contribution in [-0.2, 0) is 0 Å². The van der Waals surface area contributed by atoms with Crippen molar-refractivity contribution in [3.05, 3.63) is 40.3 Å². The van der Waals surface area contributed by atoms with Crippen LogP contribution >= 0.6 is 11.3 Å². The highest BCUT2D eigenvalue weighted by molar-refractivity contribution is 7.09. The van der Waals surface area contributed by atoms with Crippen LogP contribution in [-0.4, -0.2) is 19.2 Å². The summed E-state index contributed by atoms with van der Waals surface area (Å²) in [7, 11) is 3.30. The Bertz CT molecular complexity index is 557. The maximum atomic E-state index is 5.37. The monoisotopic (exact) mass is 306 g/mol. The SMILES string of the molecule is CCC(NC(C)c1ccc(OC)c(OC)c1)c1nccs1. The molecule has 0 radical (unpaired) electrons. The molecule has 0 amide bonds. The van der Waals surface area contributed by atoms with Gasteiger partial charge in [0, 0.05) is 17.6 Å². The Balaban J connectivity index is 2.14. The lowest BCUT2D eigenvalue weighted by atomic mass is 10.1. The number of aromatic nitrogens is 1. The molecule has 2 unspecified atom stereocenters. The molecule has 2 atom stereocenters. The molecule has 4 nitrogen and oxygen atoms in total. The first-order valence-electron chi connectivity index (χ1n) is 7.07. The molecule has 114 valence electrons. The first kappa shape index (κ1) is 15.8. The Labute approximate surface area is 130 Å². The number of benzene rings is 1. The van der Waals surface area contributed by atoms with Crippen LogP contribution in [0.5, 0.6) is 11.5 Å². The molecule has 0 aliphatic carbocycles. The number of nitrogens with zero attached hydrogens (tertiary/aromatic N) is 1. The van der Waals surface area contributed by atoms with E-state index in [1.165, 1.54) is 5.56 Å². The summed E-state index contributed by atoms with van der Waals surface area (Å²) in [6.45, 7) is 4.32. The highest BCUT2D eigenvalue weighted by atomic mass is 32.1. The van der Waals surface area contributed by atoms with Crippen molar-refractivity contribution in [2.45, 2.75) is 32.4 Å². The third kappa shape index (κ3) is 3.74. The van der Waals surface area contributed by atoms with Crippen molar-refractivity contribution < 1.29 is 9.47 Å². The molecule has 0 aliphatic heterocycles. The average Bonchev–Trinajstić information content (AvgIpc) is 3.05. The summed E-state index contributed by atoms with van der Waals surface area (Å²) in [6, 6.07) is 6.50. The number of ether oxygens (including phenoxy) is 2. The van der Waals surface area contributed by atoms with Gasteiger partial charge in [0.2, 0.25) is 0 Å².